The molecule has 0 radical (unpaired) electrons. The highest BCUT2D eigenvalue weighted by molar-refractivity contribution is 6.30. The average Bonchev–Trinajstić information content (AvgIpc) is 2.77. The highest BCUT2D eigenvalue weighted by Crippen LogP contribution is 2.31. The Bertz CT molecular complexity index is 642. The number of hydrogen-bond donors (Lipinski definition) is 1. The van der Waals surface area contributed by atoms with Crippen molar-refractivity contribution < 1.29 is 27.5 Å². The fraction of sp³-hybridized carbons (Fsp3) is 0.0909. The largest absolute Gasteiger partial charge is 0.475 e. The van der Waals surface area contributed by atoms with Gasteiger partial charge in [0.05, 0.1) is 5.56 Å². The van der Waals surface area contributed by atoms with Crippen molar-refractivity contribution in [1.82, 2.24) is 4.98 Å². The van der Waals surface area contributed by atoms with E-state index in [1.807, 2.05) is 0 Å². The van der Waals surface area contributed by atoms with Crippen LogP contribution < -0.4 is 0 Å². The maximum atomic E-state index is 13.5. The monoisotopic (exact) mass is 291 g/mol. The molecular formula is C11H5ClF3NO3. The van der Waals surface area contributed by atoms with Crippen molar-refractivity contribution in [2.75, 3.05) is 0 Å². The zero-order chi connectivity index (χ0) is 14.2. The lowest BCUT2D eigenvalue weighted by Gasteiger charge is -1.98. The van der Waals surface area contributed by atoms with Crippen molar-refractivity contribution >= 4 is 17.6 Å². The van der Waals surface area contributed by atoms with Gasteiger partial charge in [-0.05, 0) is 18.2 Å². The van der Waals surface area contributed by atoms with Crippen LogP contribution in [0, 0.1) is 5.82 Å². The standard InChI is InChI=1S/C11H5ClF3NO3/c12-4-1-2-6(13)5(3-4)10-16-7(9(14)15)8(19-10)11(17)18/h1-3,9H,(H,17,18). The number of hydrogen-bond acceptors (Lipinski definition) is 3. The van der Waals surface area contributed by atoms with Crippen molar-refractivity contribution in [3.05, 3.63) is 40.5 Å². The number of nitrogens with zero attached hydrogens (tertiary/aromatic N) is 1. The molecule has 1 aromatic heterocycles. The van der Waals surface area contributed by atoms with Crippen LogP contribution >= 0.6 is 11.6 Å². The first-order valence-corrected chi connectivity index (χ1v) is 5.25. The smallest absolute Gasteiger partial charge is 0.374 e. The highest BCUT2D eigenvalue weighted by atomic mass is 35.5. The SMILES string of the molecule is O=C(O)c1oc(-c2cc(Cl)ccc2F)nc1C(F)F. The third-order valence-corrected chi connectivity index (χ3v) is 2.45. The highest BCUT2D eigenvalue weighted by Gasteiger charge is 2.27. The summed E-state index contributed by atoms with van der Waals surface area (Å²) in [5, 5.41) is 8.84. The molecule has 0 fully saturated rings. The molecule has 0 bridgehead atoms. The summed E-state index contributed by atoms with van der Waals surface area (Å²) < 4.78 is 43.4. The van der Waals surface area contributed by atoms with E-state index in [9.17, 15) is 18.0 Å². The molecule has 100 valence electrons. The first-order chi connectivity index (χ1) is 8.90. The third-order valence-electron chi connectivity index (χ3n) is 2.21. The summed E-state index contributed by atoms with van der Waals surface area (Å²) in [5.41, 5.74) is -1.34. The second-order valence-electron chi connectivity index (χ2n) is 3.46. The molecule has 4 nitrogen and oxygen atoms in total. The zero-order valence-corrected chi connectivity index (χ0v) is 9.79. The molecule has 0 aliphatic heterocycles. The minimum Gasteiger partial charge on any atom is -0.475 e. The van der Waals surface area contributed by atoms with E-state index in [-0.39, 0.29) is 10.6 Å². The van der Waals surface area contributed by atoms with Gasteiger partial charge in [0.1, 0.15) is 5.82 Å². The van der Waals surface area contributed by atoms with Gasteiger partial charge in [0.15, 0.2) is 5.69 Å². The molecule has 2 aromatic rings. The number of aromatic carboxylic acids is 1. The van der Waals surface area contributed by atoms with Crippen molar-refractivity contribution in [1.29, 1.82) is 0 Å². The van der Waals surface area contributed by atoms with Gasteiger partial charge < -0.3 is 9.52 Å². The lowest BCUT2D eigenvalue weighted by molar-refractivity contribution is 0.0646. The summed E-state index contributed by atoms with van der Waals surface area (Å²) in [6.07, 6.45) is -3.15. The van der Waals surface area contributed by atoms with E-state index in [2.05, 4.69) is 9.40 Å². The molecule has 0 aliphatic carbocycles. The first kappa shape index (κ1) is 13.4. The minimum atomic E-state index is -3.15. The van der Waals surface area contributed by atoms with Gasteiger partial charge in [-0.25, -0.2) is 22.9 Å². The number of aromatic nitrogens is 1. The summed E-state index contributed by atoms with van der Waals surface area (Å²) in [4.78, 5) is 14.0. The average molecular weight is 292 g/mol. The van der Waals surface area contributed by atoms with E-state index in [0.29, 0.717) is 0 Å². The molecule has 2 rings (SSSR count). The summed E-state index contributed by atoms with van der Waals surface area (Å²) in [6.45, 7) is 0. The van der Waals surface area contributed by atoms with E-state index in [4.69, 9.17) is 16.7 Å². The van der Waals surface area contributed by atoms with Crippen LogP contribution in [-0.4, -0.2) is 16.1 Å². The molecule has 1 aromatic carbocycles. The van der Waals surface area contributed by atoms with Crippen molar-refractivity contribution in [3.8, 4) is 11.5 Å². The second kappa shape index (κ2) is 4.93. The Morgan fingerprint density at radius 3 is 2.63 bits per heavy atom. The van der Waals surface area contributed by atoms with Gasteiger partial charge in [-0.15, -0.1) is 0 Å². The maximum absolute atomic E-state index is 13.5. The molecule has 0 saturated carbocycles. The Kier molecular flexibility index (Phi) is 3.48. The summed E-state index contributed by atoms with van der Waals surface area (Å²) in [5.74, 6) is -4.11. The van der Waals surface area contributed by atoms with Gasteiger partial charge in [-0.2, -0.15) is 0 Å². The van der Waals surface area contributed by atoms with Gasteiger partial charge in [0, 0.05) is 5.02 Å². The number of rotatable bonds is 3. The second-order valence-corrected chi connectivity index (χ2v) is 3.90. The van der Waals surface area contributed by atoms with Gasteiger partial charge in [0.25, 0.3) is 6.43 Å². The Morgan fingerprint density at radius 2 is 2.11 bits per heavy atom. The fourth-order valence-electron chi connectivity index (χ4n) is 1.41. The van der Waals surface area contributed by atoms with Gasteiger partial charge in [-0.1, -0.05) is 11.6 Å². The number of benzene rings is 1. The van der Waals surface area contributed by atoms with Crippen molar-refractivity contribution in [2.24, 2.45) is 0 Å². The van der Waals surface area contributed by atoms with Gasteiger partial charge in [0.2, 0.25) is 11.7 Å². The molecule has 0 aliphatic rings. The van der Waals surface area contributed by atoms with Crippen molar-refractivity contribution in [2.45, 2.75) is 6.43 Å². The van der Waals surface area contributed by atoms with Crippen LogP contribution in [0.25, 0.3) is 11.5 Å². The van der Waals surface area contributed by atoms with Crippen LogP contribution in [0.15, 0.2) is 22.6 Å². The lowest BCUT2D eigenvalue weighted by atomic mass is 10.2. The van der Waals surface area contributed by atoms with Gasteiger partial charge in [-0.3, -0.25) is 0 Å². The molecule has 19 heavy (non-hydrogen) atoms. The Hall–Kier alpha value is -2.02. The Morgan fingerprint density at radius 1 is 1.42 bits per heavy atom. The molecule has 0 amide bonds. The van der Waals surface area contributed by atoms with E-state index in [1.54, 1.807) is 0 Å². The number of carbonyl (C=O) groups is 1. The number of carboxylic acid groups (broad SMARTS) is 1. The normalized spacial score (nSPS) is 11.0. The lowest BCUT2D eigenvalue weighted by Crippen LogP contribution is -1.99. The molecule has 0 unspecified atom stereocenters. The molecule has 0 atom stereocenters. The Labute approximate surface area is 109 Å². The van der Waals surface area contributed by atoms with Crippen LogP contribution in [0.3, 0.4) is 0 Å². The van der Waals surface area contributed by atoms with Crippen LogP contribution in [0.5, 0.6) is 0 Å². The summed E-state index contributed by atoms with van der Waals surface area (Å²) in [7, 11) is 0. The zero-order valence-electron chi connectivity index (χ0n) is 9.03. The predicted molar refractivity (Wildman–Crippen MR) is 58.8 cm³/mol. The van der Waals surface area contributed by atoms with E-state index < -0.39 is 35.6 Å². The van der Waals surface area contributed by atoms with Crippen LogP contribution in [0.1, 0.15) is 22.7 Å². The summed E-state index contributed by atoms with van der Waals surface area (Å²) in [6, 6.07) is 3.34. The molecule has 0 saturated heterocycles. The topological polar surface area (TPSA) is 63.3 Å². The molecule has 0 spiro atoms. The quantitative estimate of drug-likeness (QED) is 0.935. The minimum absolute atomic E-state index is 0.130. The molecule has 1 heterocycles. The van der Waals surface area contributed by atoms with Gasteiger partial charge >= 0.3 is 5.97 Å². The number of oxazole rings is 1. The summed E-state index contributed by atoms with van der Waals surface area (Å²) >= 11 is 5.64. The molecule has 1 N–H and O–H groups in total. The number of carboxylic acids is 1. The number of alkyl halides is 2. The van der Waals surface area contributed by atoms with E-state index in [0.717, 1.165) is 12.1 Å². The first-order valence-electron chi connectivity index (χ1n) is 4.87. The van der Waals surface area contributed by atoms with E-state index in [1.165, 1.54) is 6.07 Å². The van der Waals surface area contributed by atoms with Crippen LogP contribution in [0.2, 0.25) is 5.02 Å². The Balaban J connectivity index is 2.60. The van der Waals surface area contributed by atoms with Crippen molar-refractivity contribution in [3.63, 3.8) is 0 Å². The predicted octanol–water partition coefficient (Wildman–Crippen LogP) is 3.77. The third kappa shape index (κ3) is 2.55. The fourth-order valence-corrected chi connectivity index (χ4v) is 1.58. The van der Waals surface area contributed by atoms with E-state index >= 15 is 0 Å². The van der Waals surface area contributed by atoms with Crippen LogP contribution in [-0.2, 0) is 0 Å². The maximum Gasteiger partial charge on any atom is 0.374 e. The molecular weight excluding hydrogens is 287 g/mol. The van der Waals surface area contributed by atoms with Crippen LogP contribution in [0.4, 0.5) is 13.2 Å². The molecule has 8 heteroatoms. The number of halogens is 4.